The van der Waals surface area contributed by atoms with Gasteiger partial charge in [0, 0.05) is 18.5 Å². The molecule has 0 unspecified atom stereocenters. The standard InChI is InChI=1S/C23H37NO2/c1-14-13-18-23(5,12-10-19(25)24(18)6)16-9-11-22(4)15(20(14)16)7-8-17(22)21(2,3)26/h10,12,14-18,20,26H,7-9,11,13H2,1-6H3/t14-,15-,16-,17+,18+,20-,22-,23+/m0/s1. The van der Waals surface area contributed by atoms with E-state index in [1.807, 2.05) is 31.9 Å². The number of fused-ring (bicyclic) bond motifs is 5. The molecular formula is C23H37NO2. The summed E-state index contributed by atoms with van der Waals surface area (Å²) >= 11 is 0. The highest BCUT2D eigenvalue weighted by atomic mass is 16.3. The fourth-order valence-electron chi connectivity index (χ4n) is 8.22. The molecule has 0 aromatic heterocycles. The lowest BCUT2D eigenvalue weighted by Gasteiger charge is -2.62. The molecule has 3 aliphatic carbocycles. The van der Waals surface area contributed by atoms with Gasteiger partial charge in [0.15, 0.2) is 0 Å². The van der Waals surface area contributed by atoms with Crippen LogP contribution in [0.3, 0.4) is 0 Å². The van der Waals surface area contributed by atoms with Gasteiger partial charge in [0.25, 0.3) is 0 Å². The molecule has 3 heteroatoms. The van der Waals surface area contributed by atoms with Gasteiger partial charge < -0.3 is 10.0 Å². The van der Waals surface area contributed by atoms with E-state index in [0.717, 1.165) is 12.8 Å². The van der Waals surface area contributed by atoms with Crippen LogP contribution in [-0.4, -0.2) is 34.6 Å². The van der Waals surface area contributed by atoms with Gasteiger partial charge >= 0.3 is 0 Å². The van der Waals surface area contributed by atoms with E-state index < -0.39 is 5.60 Å². The summed E-state index contributed by atoms with van der Waals surface area (Å²) in [5.41, 5.74) is -0.219. The molecule has 3 nitrogen and oxygen atoms in total. The van der Waals surface area contributed by atoms with Crippen LogP contribution in [0, 0.1) is 40.4 Å². The first-order valence-electron chi connectivity index (χ1n) is 10.7. The summed E-state index contributed by atoms with van der Waals surface area (Å²) in [4.78, 5) is 14.3. The van der Waals surface area contributed by atoms with Crippen molar-refractivity contribution in [1.82, 2.24) is 4.90 Å². The maximum atomic E-state index is 12.3. The van der Waals surface area contributed by atoms with Crippen LogP contribution in [0.1, 0.15) is 66.7 Å². The SMILES string of the molecule is C[C@H]1C[C@H]2N(C)C(=O)C=C[C@]2(C)[C@H]2CC[C@]3(C)[C@@H](C(C)(C)O)CC[C@H]3[C@H]12. The van der Waals surface area contributed by atoms with Crippen molar-refractivity contribution in [3.05, 3.63) is 12.2 Å². The van der Waals surface area contributed by atoms with E-state index in [1.165, 1.54) is 19.3 Å². The molecular weight excluding hydrogens is 322 g/mol. The first-order chi connectivity index (χ1) is 12.0. The molecule has 1 aliphatic heterocycles. The van der Waals surface area contributed by atoms with Crippen molar-refractivity contribution in [2.24, 2.45) is 40.4 Å². The summed E-state index contributed by atoms with van der Waals surface area (Å²) in [6.07, 6.45) is 10.1. The molecule has 0 aromatic carbocycles. The van der Waals surface area contributed by atoms with E-state index in [-0.39, 0.29) is 16.7 Å². The lowest BCUT2D eigenvalue weighted by atomic mass is 9.45. The Morgan fingerprint density at radius 1 is 1.19 bits per heavy atom. The Balaban J connectivity index is 1.72. The van der Waals surface area contributed by atoms with Crippen molar-refractivity contribution in [2.45, 2.75) is 78.4 Å². The normalized spacial score (nSPS) is 51.0. The van der Waals surface area contributed by atoms with Gasteiger partial charge in [-0.2, -0.15) is 0 Å². The molecule has 146 valence electrons. The minimum Gasteiger partial charge on any atom is -0.390 e. The largest absolute Gasteiger partial charge is 0.390 e. The second-order valence-corrected chi connectivity index (χ2v) is 11.0. The van der Waals surface area contributed by atoms with Crippen molar-refractivity contribution in [1.29, 1.82) is 0 Å². The summed E-state index contributed by atoms with van der Waals surface area (Å²) < 4.78 is 0. The first-order valence-corrected chi connectivity index (χ1v) is 10.7. The van der Waals surface area contributed by atoms with Crippen molar-refractivity contribution >= 4 is 5.91 Å². The molecule has 3 fully saturated rings. The van der Waals surface area contributed by atoms with Crippen LogP contribution < -0.4 is 0 Å². The summed E-state index contributed by atoms with van der Waals surface area (Å²) in [7, 11) is 1.99. The second-order valence-electron chi connectivity index (χ2n) is 11.0. The Bertz CT molecular complexity index is 635. The van der Waals surface area contributed by atoms with Crippen molar-refractivity contribution in [2.75, 3.05) is 7.05 Å². The van der Waals surface area contributed by atoms with Gasteiger partial charge in [0.1, 0.15) is 0 Å². The molecule has 1 N–H and O–H groups in total. The number of aliphatic hydroxyl groups is 1. The molecule has 4 rings (SSSR count). The van der Waals surface area contributed by atoms with E-state index in [2.05, 4.69) is 26.8 Å². The number of hydrogen-bond acceptors (Lipinski definition) is 2. The van der Waals surface area contributed by atoms with Crippen LogP contribution in [0.15, 0.2) is 12.2 Å². The topological polar surface area (TPSA) is 40.5 Å². The van der Waals surface area contributed by atoms with Gasteiger partial charge in [-0.15, -0.1) is 0 Å². The van der Waals surface area contributed by atoms with Gasteiger partial charge in [-0.1, -0.05) is 26.8 Å². The monoisotopic (exact) mass is 359 g/mol. The quantitative estimate of drug-likeness (QED) is 0.760. The van der Waals surface area contributed by atoms with Crippen LogP contribution in [-0.2, 0) is 4.79 Å². The third-order valence-electron chi connectivity index (χ3n) is 9.35. The number of nitrogens with zero attached hydrogens (tertiary/aromatic N) is 1. The molecule has 26 heavy (non-hydrogen) atoms. The number of carbonyl (C=O) groups is 1. The predicted molar refractivity (Wildman–Crippen MR) is 104 cm³/mol. The second kappa shape index (κ2) is 5.59. The maximum absolute atomic E-state index is 12.3. The Morgan fingerprint density at radius 2 is 1.88 bits per heavy atom. The lowest BCUT2D eigenvalue weighted by Crippen LogP contribution is -2.62. The Hall–Kier alpha value is -0.830. The van der Waals surface area contributed by atoms with E-state index in [0.29, 0.717) is 35.6 Å². The highest BCUT2D eigenvalue weighted by Crippen LogP contribution is 2.67. The van der Waals surface area contributed by atoms with E-state index in [4.69, 9.17) is 0 Å². The van der Waals surface area contributed by atoms with Crippen molar-refractivity contribution < 1.29 is 9.90 Å². The number of likely N-dealkylation sites (N-methyl/N-ethyl adjacent to an activating group) is 1. The Morgan fingerprint density at radius 3 is 2.54 bits per heavy atom. The first kappa shape index (κ1) is 18.5. The molecule has 0 bridgehead atoms. The van der Waals surface area contributed by atoms with Gasteiger partial charge in [0.2, 0.25) is 5.91 Å². The minimum atomic E-state index is -0.585. The van der Waals surface area contributed by atoms with Crippen LogP contribution >= 0.6 is 0 Å². The Kier molecular flexibility index (Phi) is 3.99. The third-order valence-corrected chi connectivity index (χ3v) is 9.35. The summed E-state index contributed by atoms with van der Waals surface area (Å²) in [5, 5.41) is 10.8. The Labute approximate surface area is 159 Å². The highest BCUT2D eigenvalue weighted by Gasteiger charge is 2.63. The predicted octanol–water partition coefficient (Wildman–Crippen LogP) is 4.26. The zero-order valence-corrected chi connectivity index (χ0v) is 17.5. The third kappa shape index (κ3) is 2.31. The van der Waals surface area contributed by atoms with E-state index in [9.17, 15) is 9.90 Å². The van der Waals surface area contributed by atoms with E-state index in [1.54, 1.807) is 0 Å². The van der Waals surface area contributed by atoms with Crippen molar-refractivity contribution in [3.8, 4) is 0 Å². The number of rotatable bonds is 1. The molecule has 0 saturated heterocycles. The minimum absolute atomic E-state index is 0.105. The smallest absolute Gasteiger partial charge is 0.246 e. The van der Waals surface area contributed by atoms with Crippen LogP contribution in [0.4, 0.5) is 0 Å². The molecule has 0 spiro atoms. The van der Waals surface area contributed by atoms with Gasteiger partial charge in [-0.25, -0.2) is 0 Å². The van der Waals surface area contributed by atoms with Crippen molar-refractivity contribution in [3.63, 3.8) is 0 Å². The summed E-state index contributed by atoms with van der Waals surface area (Å²) in [6.45, 7) is 11.3. The van der Waals surface area contributed by atoms with Gasteiger partial charge in [-0.05, 0) is 87.0 Å². The average molecular weight is 360 g/mol. The molecule has 0 radical (unpaired) electrons. The fourth-order valence-corrected chi connectivity index (χ4v) is 8.22. The fraction of sp³-hybridized carbons (Fsp3) is 0.870. The summed E-state index contributed by atoms with van der Waals surface area (Å²) in [5.74, 6) is 3.30. The van der Waals surface area contributed by atoms with E-state index >= 15 is 0 Å². The molecule has 1 heterocycles. The lowest BCUT2D eigenvalue weighted by molar-refractivity contribution is -0.149. The van der Waals surface area contributed by atoms with Crippen LogP contribution in [0.25, 0.3) is 0 Å². The molecule has 0 aromatic rings. The highest BCUT2D eigenvalue weighted by molar-refractivity contribution is 5.89. The number of amides is 1. The maximum Gasteiger partial charge on any atom is 0.246 e. The molecule has 1 amide bonds. The van der Waals surface area contributed by atoms with Gasteiger partial charge in [0.05, 0.1) is 5.60 Å². The molecule has 8 atom stereocenters. The zero-order valence-electron chi connectivity index (χ0n) is 17.5. The van der Waals surface area contributed by atoms with Crippen LogP contribution in [0.5, 0.6) is 0 Å². The zero-order chi connectivity index (χ0) is 19.1. The number of hydrogen-bond donors (Lipinski definition) is 1. The summed E-state index contributed by atoms with van der Waals surface area (Å²) in [6, 6.07) is 0.340. The van der Waals surface area contributed by atoms with Crippen LogP contribution in [0.2, 0.25) is 0 Å². The number of carbonyl (C=O) groups excluding carboxylic acids is 1. The average Bonchev–Trinajstić information content (AvgIpc) is 2.91. The molecule has 3 saturated carbocycles. The van der Waals surface area contributed by atoms with Gasteiger partial charge in [-0.3, -0.25) is 4.79 Å². The molecule has 4 aliphatic rings.